The number of carbonyl (C=O) groups is 1. The number of hydrogen-bond donors (Lipinski definition) is 0. The lowest BCUT2D eigenvalue weighted by atomic mass is 10.3. The summed E-state index contributed by atoms with van der Waals surface area (Å²) in [6, 6.07) is 4.74. The summed E-state index contributed by atoms with van der Waals surface area (Å²) in [4.78, 5) is 26.1. The highest BCUT2D eigenvalue weighted by molar-refractivity contribution is 5.90. The molecular weight excluding hydrogens is 316 g/mol. The Morgan fingerprint density at radius 3 is 2.12 bits per heavy atom. The zero-order valence-corrected chi connectivity index (χ0v) is 14.1. The van der Waals surface area contributed by atoms with Crippen LogP contribution in [-0.2, 0) is 4.74 Å². The number of hydrogen-bond acceptors (Lipinski definition) is 9. The van der Waals surface area contributed by atoms with Gasteiger partial charge in [-0.3, -0.25) is 0 Å². The molecule has 2 heterocycles. The van der Waals surface area contributed by atoms with Crippen LogP contribution in [0.2, 0.25) is 0 Å². The van der Waals surface area contributed by atoms with Gasteiger partial charge in [0.15, 0.2) is 11.4 Å². The Kier molecular flexibility index (Phi) is 5.35. The summed E-state index contributed by atoms with van der Waals surface area (Å²) < 4.78 is 20.5. The monoisotopic (exact) mass is 334 g/mol. The van der Waals surface area contributed by atoms with E-state index in [-0.39, 0.29) is 29.2 Å². The molecule has 2 aromatic heterocycles. The van der Waals surface area contributed by atoms with Crippen molar-refractivity contribution in [1.29, 1.82) is 0 Å². The topological polar surface area (TPSA) is 95.9 Å². The largest absolute Gasteiger partial charge is 0.481 e. The summed E-state index contributed by atoms with van der Waals surface area (Å²) in [6.07, 6.45) is 0. The minimum Gasteiger partial charge on any atom is -0.481 e. The van der Waals surface area contributed by atoms with Crippen LogP contribution in [0, 0.1) is 0 Å². The lowest BCUT2D eigenvalue weighted by Gasteiger charge is -2.14. The fourth-order valence-electron chi connectivity index (χ4n) is 1.75. The Hall–Kier alpha value is -3.10. The van der Waals surface area contributed by atoms with E-state index in [0.717, 1.165) is 0 Å². The smallest absolute Gasteiger partial charge is 0.360 e. The van der Waals surface area contributed by atoms with Crippen molar-refractivity contribution in [2.24, 2.45) is 0 Å². The van der Waals surface area contributed by atoms with Crippen LogP contribution < -0.4 is 19.1 Å². The first-order chi connectivity index (χ1) is 11.5. The fraction of sp³-hybridized carbons (Fsp3) is 0.333. The quantitative estimate of drug-likeness (QED) is 0.729. The molecule has 0 fully saturated rings. The molecule has 0 aromatic carbocycles. The number of anilines is 1. The highest BCUT2D eigenvalue weighted by atomic mass is 16.5. The first-order valence-electron chi connectivity index (χ1n) is 6.90. The third-order valence-corrected chi connectivity index (χ3v) is 2.96. The van der Waals surface area contributed by atoms with Crippen molar-refractivity contribution in [3.8, 4) is 23.5 Å². The molecule has 0 unspecified atom stereocenters. The van der Waals surface area contributed by atoms with E-state index in [9.17, 15) is 4.79 Å². The second kappa shape index (κ2) is 7.44. The van der Waals surface area contributed by atoms with Gasteiger partial charge in [0.05, 0.1) is 27.4 Å². The molecule has 2 aromatic rings. The third-order valence-electron chi connectivity index (χ3n) is 2.96. The number of pyridine rings is 1. The molecule has 0 bridgehead atoms. The highest BCUT2D eigenvalue weighted by Crippen LogP contribution is 2.27. The number of rotatable bonds is 6. The minimum atomic E-state index is -0.636. The van der Waals surface area contributed by atoms with Crippen molar-refractivity contribution in [3.05, 3.63) is 23.9 Å². The van der Waals surface area contributed by atoms with E-state index in [1.165, 1.54) is 27.4 Å². The van der Waals surface area contributed by atoms with Crippen LogP contribution in [0.25, 0.3) is 0 Å². The maximum absolute atomic E-state index is 12.0. The Morgan fingerprint density at radius 1 is 1.00 bits per heavy atom. The predicted molar refractivity (Wildman–Crippen MR) is 85.1 cm³/mol. The molecule has 0 N–H and O–H groups in total. The van der Waals surface area contributed by atoms with Crippen LogP contribution in [0.4, 0.5) is 5.82 Å². The number of nitrogens with zero attached hydrogens (tertiary/aromatic N) is 4. The average Bonchev–Trinajstić information content (AvgIpc) is 2.60. The van der Waals surface area contributed by atoms with E-state index in [1.807, 2.05) is 0 Å². The van der Waals surface area contributed by atoms with Crippen molar-refractivity contribution >= 4 is 11.8 Å². The van der Waals surface area contributed by atoms with Crippen molar-refractivity contribution < 1.29 is 23.7 Å². The summed E-state index contributed by atoms with van der Waals surface area (Å²) >= 11 is 0. The minimum absolute atomic E-state index is 0.00841. The van der Waals surface area contributed by atoms with E-state index < -0.39 is 5.97 Å². The van der Waals surface area contributed by atoms with Gasteiger partial charge >= 0.3 is 12.0 Å². The van der Waals surface area contributed by atoms with Crippen LogP contribution in [0.15, 0.2) is 18.2 Å². The second-order valence-electron chi connectivity index (χ2n) is 4.74. The number of aromatic nitrogens is 3. The van der Waals surface area contributed by atoms with Gasteiger partial charge in [0.1, 0.15) is 5.82 Å². The standard InChI is InChI=1S/C15H18N4O5/c1-19(2)10-7-6-9(13(16-10)14(20)23-5)24-15-17-11(21-3)8-12(18-15)22-4/h6-8H,1-5H3. The Labute approximate surface area is 139 Å². The van der Waals surface area contributed by atoms with Gasteiger partial charge in [0, 0.05) is 14.1 Å². The van der Waals surface area contributed by atoms with Gasteiger partial charge in [-0.1, -0.05) is 0 Å². The molecule has 0 aliphatic rings. The van der Waals surface area contributed by atoms with E-state index >= 15 is 0 Å². The molecule has 0 amide bonds. The normalized spacial score (nSPS) is 10.0. The van der Waals surface area contributed by atoms with E-state index in [0.29, 0.717) is 5.82 Å². The maximum Gasteiger partial charge on any atom is 0.360 e. The van der Waals surface area contributed by atoms with Gasteiger partial charge in [0.2, 0.25) is 11.8 Å². The number of ether oxygens (including phenoxy) is 4. The van der Waals surface area contributed by atoms with E-state index in [1.54, 1.807) is 31.1 Å². The van der Waals surface area contributed by atoms with Crippen molar-refractivity contribution in [3.63, 3.8) is 0 Å². The van der Waals surface area contributed by atoms with Crippen LogP contribution in [0.5, 0.6) is 23.5 Å². The van der Waals surface area contributed by atoms with Crippen molar-refractivity contribution in [2.45, 2.75) is 0 Å². The molecule has 128 valence electrons. The molecule has 0 aliphatic heterocycles. The SMILES string of the molecule is COC(=O)c1nc(N(C)C)ccc1Oc1nc(OC)cc(OC)n1. The van der Waals surface area contributed by atoms with Crippen LogP contribution in [0.3, 0.4) is 0 Å². The number of esters is 1. The van der Waals surface area contributed by atoms with Gasteiger partial charge in [-0.15, -0.1) is 0 Å². The average molecular weight is 334 g/mol. The molecular formula is C15H18N4O5. The highest BCUT2D eigenvalue weighted by Gasteiger charge is 2.19. The predicted octanol–water partition coefficient (Wildman–Crippen LogP) is 1.53. The zero-order chi connectivity index (χ0) is 17.7. The molecule has 0 saturated carbocycles. The summed E-state index contributed by atoms with van der Waals surface area (Å²) in [7, 11) is 7.79. The van der Waals surface area contributed by atoms with Gasteiger partial charge < -0.3 is 23.8 Å². The van der Waals surface area contributed by atoms with Crippen molar-refractivity contribution in [2.75, 3.05) is 40.3 Å². The van der Waals surface area contributed by atoms with Crippen LogP contribution in [-0.4, -0.2) is 56.3 Å². The molecule has 0 radical (unpaired) electrons. The lowest BCUT2D eigenvalue weighted by Crippen LogP contribution is -2.14. The number of methoxy groups -OCH3 is 3. The lowest BCUT2D eigenvalue weighted by molar-refractivity contribution is 0.0591. The summed E-state index contributed by atoms with van der Waals surface area (Å²) in [6.45, 7) is 0. The molecule has 24 heavy (non-hydrogen) atoms. The summed E-state index contributed by atoms with van der Waals surface area (Å²) in [5.74, 6) is 0.613. The Bertz CT molecular complexity index is 714. The zero-order valence-electron chi connectivity index (χ0n) is 14.1. The molecule has 0 atom stereocenters. The van der Waals surface area contributed by atoms with Crippen LogP contribution >= 0.6 is 0 Å². The van der Waals surface area contributed by atoms with Crippen LogP contribution in [0.1, 0.15) is 10.5 Å². The Morgan fingerprint density at radius 2 is 1.62 bits per heavy atom. The first kappa shape index (κ1) is 17.3. The van der Waals surface area contributed by atoms with Crippen molar-refractivity contribution in [1.82, 2.24) is 15.0 Å². The first-order valence-corrected chi connectivity index (χ1v) is 6.90. The molecule has 9 heteroatoms. The van der Waals surface area contributed by atoms with Gasteiger partial charge in [-0.2, -0.15) is 9.97 Å². The van der Waals surface area contributed by atoms with E-state index in [2.05, 4.69) is 15.0 Å². The molecule has 0 spiro atoms. The molecule has 2 rings (SSSR count). The number of carbonyl (C=O) groups excluding carboxylic acids is 1. The molecule has 9 nitrogen and oxygen atoms in total. The Balaban J connectivity index is 2.43. The molecule has 0 aliphatic carbocycles. The maximum atomic E-state index is 12.0. The molecule has 0 saturated heterocycles. The fourth-order valence-corrected chi connectivity index (χ4v) is 1.75. The van der Waals surface area contributed by atoms with Gasteiger partial charge in [-0.25, -0.2) is 9.78 Å². The van der Waals surface area contributed by atoms with Gasteiger partial charge in [0.25, 0.3) is 0 Å². The summed E-state index contributed by atoms with van der Waals surface area (Å²) in [5.41, 5.74) is 0.00841. The summed E-state index contributed by atoms with van der Waals surface area (Å²) in [5, 5.41) is 0. The third kappa shape index (κ3) is 3.80. The van der Waals surface area contributed by atoms with Gasteiger partial charge in [-0.05, 0) is 12.1 Å². The van der Waals surface area contributed by atoms with E-state index in [4.69, 9.17) is 18.9 Å². The second-order valence-corrected chi connectivity index (χ2v) is 4.74.